The van der Waals surface area contributed by atoms with Gasteiger partial charge >= 0.3 is 0 Å². The minimum absolute atomic E-state index is 0.0679. The van der Waals surface area contributed by atoms with Crippen molar-refractivity contribution in [2.45, 2.75) is 38.0 Å². The topological polar surface area (TPSA) is 67.9 Å². The molecule has 0 atom stereocenters. The van der Waals surface area contributed by atoms with Crippen molar-refractivity contribution >= 4 is 11.7 Å². The SMILES string of the molecule is CCc1ccc(CC(=O)C2(c3ccc4c(c3)OCO4)CC2)cc1-c1ccc(C(=O)NCCN(C)C)cc1. The highest BCUT2D eigenvalue weighted by atomic mass is 16.7. The summed E-state index contributed by atoms with van der Waals surface area (Å²) in [5, 5.41) is 2.96. The monoisotopic (exact) mass is 498 g/mol. The van der Waals surface area contributed by atoms with E-state index in [9.17, 15) is 9.59 Å². The molecule has 37 heavy (non-hydrogen) atoms. The number of carbonyl (C=O) groups excluding carboxylic acids is 2. The number of aryl methyl sites for hydroxylation is 1. The second kappa shape index (κ2) is 10.4. The van der Waals surface area contributed by atoms with Crippen molar-refractivity contribution in [3.05, 3.63) is 82.9 Å². The van der Waals surface area contributed by atoms with E-state index >= 15 is 0 Å². The van der Waals surface area contributed by atoms with Gasteiger partial charge in [0, 0.05) is 25.1 Å². The molecule has 0 saturated heterocycles. The third-order valence-corrected chi connectivity index (χ3v) is 7.43. The van der Waals surface area contributed by atoms with Gasteiger partial charge in [-0.15, -0.1) is 0 Å². The van der Waals surface area contributed by atoms with Crippen LogP contribution in [-0.4, -0.2) is 50.6 Å². The molecule has 1 aliphatic carbocycles. The van der Waals surface area contributed by atoms with E-state index < -0.39 is 5.41 Å². The molecule has 0 aromatic heterocycles. The van der Waals surface area contributed by atoms with E-state index in [0.29, 0.717) is 18.5 Å². The number of nitrogens with zero attached hydrogens (tertiary/aromatic N) is 1. The number of fused-ring (bicyclic) bond motifs is 1. The number of nitrogens with one attached hydrogen (secondary N) is 1. The Bertz CT molecular complexity index is 1310. The van der Waals surface area contributed by atoms with Crippen LogP contribution in [0.5, 0.6) is 11.5 Å². The first kappa shape index (κ1) is 25.0. The van der Waals surface area contributed by atoms with Crippen LogP contribution in [0.1, 0.15) is 46.8 Å². The van der Waals surface area contributed by atoms with Crippen molar-refractivity contribution in [2.75, 3.05) is 34.0 Å². The van der Waals surface area contributed by atoms with Crippen LogP contribution in [0, 0.1) is 0 Å². The lowest BCUT2D eigenvalue weighted by Gasteiger charge is -2.17. The minimum Gasteiger partial charge on any atom is -0.454 e. The number of benzene rings is 3. The molecule has 0 bridgehead atoms. The number of hydrogen-bond acceptors (Lipinski definition) is 5. The van der Waals surface area contributed by atoms with Gasteiger partial charge in [0.05, 0.1) is 5.41 Å². The average molecular weight is 499 g/mol. The van der Waals surface area contributed by atoms with Gasteiger partial charge in [-0.25, -0.2) is 0 Å². The van der Waals surface area contributed by atoms with E-state index in [2.05, 4.69) is 30.4 Å². The summed E-state index contributed by atoms with van der Waals surface area (Å²) in [7, 11) is 3.96. The molecule has 1 fully saturated rings. The number of likely N-dealkylation sites (N-methyl/N-ethyl adjacent to an activating group) is 1. The summed E-state index contributed by atoms with van der Waals surface area (Å²) in [5.74, 6) is 1.64. The Morgan fingerprint density at radius 2 is 1.70 bits per heavy atom. The standard InChI is InChI=1S/C31H34N2O4/c1-4-22-6-5-21(17-26(22)23-7-9-24(10-8-23)30(35)32-15-16-33(2)3)18-29(34)31(13-14-31)25-11-12-27-28(19-25)37-20-36-27/h5-12,17,19H,4,13-16,18,20H2,1-3H3,(H,32,35). The maximum absolute atomic E-state index is 13.5. The van der Waals surface area contributed by atoms with Gasteiger partial charge in [0.2, 0.25) is 6.79 Å². The summed E-state index contributed by atoms with van der Waals surface area (Å²) < 4.78 is 11.0. The zero-order valence-electron chi connectivity index (χ0n) is 21.8. The summed E-state index contributed by atoms with van der Waals surface area (Å²) in [6.07, 6.45) is 3.00. The van der Waals surface area contributed by atoms with Crippen molar-refractivity contribution in [3.63, 3.8) is 0 Å². The lowest BCUT2D eigenvalue weighted by Crippen LogP contribution is -2.31. The van der Waals surface area contributed by atoms with Crippen LogP contribution in [0.4, 0.5) is 0 Å². The lowest BCUT2D eigenvalue weighted by atomic mass is 9.86. The largest absolute Gasteiger partial charge is 0.454 e. The first-order valence-corrected chi connectivity index (χ1v) is 13.0. The Morgan fingerprint density at radius 1 is 0.946 bits per heavy atom. The predicted molar refractivity (Wildman–Crippen MR) is 144 cm³/mol. The fourth-order valence-corrected chi connectivity index (χ4v) is 5.01. The third-order valence-electron chi connectivity index (χ3n) is 7.43. The highest BCUT2D eigenvalue weighted by molar-refractivity contribution is 5.96. The molecule has 3 aromatic carbocycles. The maximum Gasteiger partial charge on any atom is 0.251 e. The molecule has 6 heteroatoms. The van der Waals surface area contributed by atoms with Crippen LogP contribution in [0.15, 0.2) is 60.7 Å². The quantitative estimate of drug-likeness (QED) is 0.436. The molecule has 1 amide bonds. The van der Waals surface area contributed by atoms with Crippen LogP contribution in [0.25, 0.3) is 11.1 Å². The van der Waals surface area contributed by atoms with Crippen molar-refractivity contribution in [2.24, 2.45) is 0 Å². The predicted octanol–water partition coefficient (Wildman–Crippen LogP) is 4.78. The normalized spacial score (nSPS) is 15.0. The van der Waals surface area contributed by atoms with E-state index in [1.165, 1.54) is 5.56 Å². The van der Waals surface area contributed by atoms with Crippen molar-refractivity contribution in [3.8, 4) is 22.6 Å². The van der Waals surface area contributed by atoms with E-state index in [-0.39, 0.29) is 18.5 Å². The Balaban J connectivity index is 1.32. The molecule has 0 radical (unpaired) electrons. The van der Waals surface area contributed by atoms with Crippen molar-refractivity contribution in [1.29, 1.82) is 0 Å². The zero-order chi connectivity index (χ0) is 26.0. The fraction of sp³-hybridized carbons (Fsp3) is 0.355. The summed E-state index contributed by atoms with van der Waals surface area (Å²) in [6, 6.07) is 19.9. The molecular formula is C31H34N2O4. The Kier molecular flexibility index (Phi) is 7.02. The minimum atomic E-state index is -0.424. The maximum atomic E-state index is 13.5. The number of ether oxygens (including phenoxy) is 2. The number of carbonyl (C=O) groups is 2. The van der Waals surface area contributed by atoms with E-state index in [4.69, 9.17) is 9.47 Å². The number of ketones is 1. The van der Waals surface area contributed by atoms with Gasteiger partial charge in [0.1, 0.15) is 5.78 Å². The molecule has 1 aliphatic heterocycles. The molecule has 1 saturated carbocycles. The molecule has 0 unspecified atom stereocenters. The van der Waals surface area contributed by atoms with Gasteiger partial charge in [-0.2, -0.15) is 0 Å². The second-order valence-corrected chi connectivity index (χ2v) is 10.2. The average Bonchev–Trinajstić information content (AvgIpc) is 3.59. The van der Waals surface area contributed by atoms with Crippen LogP contribution < -0.4 is 14.8 Å². The summed E-state index contributed by atoms with van der Waals surface area (Å²) >= 11 is 0. The first-order valence-electron chi connectivity index (χ1n) is 13.0. The summed E-state index contributed by atoms with van der Waals surface area (Å²) in [4.78, 5) is 28.0. The molecule has 5 rings (SSSR count). The lowest BCUT2D eigenvalue weighted by molar-refractivity contribution is -0.120. The number of rotatable bonds is 10. The van der Waals surface area contributed by atoms with Gasteiger partial charge in [0.25, 0.3) is 5.91 Å². The van der Waals surface area contributed by atoms with Crippen LogP contribution in [0.2, 0.25) is 0 Å². The zero-order valence-corrected chi connectivity index (χ0v) is 21.8. The van der Waals surface area contributed by atoms with Gasteiger partial charge in [-0.3, -0.25) is 9.59 Å². The van der Waals surface area contributed by atoms with E-state index in [0.717, 1.165) is 59.6 Å². The number of Topliss-reactive ketones (excluding diaryl/α,β-unsaturated/α-hetero) is 1. The third kappa shape index (κ3) is 5.25. The van der Waals surface area contributed by atoms with Gasteiger partial charge in [0.15, 0.2) is 11.5 Å². The molecule has 2 aliphatic rings. The fourth-order valence-electron chi connectivity index (χ4n) is 5.01. The summed E-state index contributed by atoms with van der Waals surface area (Å²) in [6.45, 7) is 3.77. The highest BCUT2D eigenvalue weighted by Gasteiger charge is 2.50. The van der Waals surface area contributed by atoms with Crippen LogP contribution in [-0.2, 0) is 23.1 Å². The van der Waals surface area contributed by atoms with Gasteiger partial charge in [-0.1, -0.05) is 43.3 Å². The molecule has 1 heterocycles. The van der Waals surface area contributed by atoms with E-state index in [1.807, 2.05) is 61.5 Å². The smallest absolute Gasteiger partial charge is 0.251 e. The summed E-state index contributed by atoms with van der Waals surface area (Å²) in [5.41, 5.74) is 5.63. The number of hydrogen-bond donors (Lipinski definition) is 1. The van der Waals surface area contributed by atoms with Crippen LogP contribution >= 0.6 is 0 Å². The number of amides is 1. The van der Waals surface area contributed by atoms with Crippen LogP contribution in [0.3, 0.4) is 0 Å². The Hall–Kier alpha value is -3.64. The van der Waals surface area contributed by atoms with Gasteiger partial charge in [-0.05, 0) is 85.4 Å². The Labute approximate surface area is 218 Å². The van der Waals surface area contributed by atoms with Crippen molar-refractivity contribution in [1.82, 2.24) is 10.2 Å². The second-order valence-electron chi connectivity index (χ2n) is 10.2. The molecule has 1 N–H and O–H groups in total. The van der Waals surface area contributed by atoms with Gasteiger partial charge < -0.3 is 19.7 Å². The highest BCUT2D eigenvalue weighted by Crippen LogP contribution is 2.51. The van der Waals surface area contributed by atoms with E-state index in [1.54, 1.807) is 0 Å². The van der Waals surface area contributed by atoms with Crippen molar-refractivity contribution < 1.29 is 19.1 Å². The molecule has 6 nitrogen and oxygen atoms in total. The molecular weight excluding hydrogens is 464 g/mol. The first-order chi connectivity index (χ1) is 17.9. The molecule has 3 aromatic rings. The molecule has 0 spiro atoms. The Morgan fingerprint density at radius 3 is 2.41 bits per heavy atom. The molecule has 192 valence electrons.